The van der Waals surface area contributed by atoms with Gasteiger partial charge in [-0.1, -0.05) is 23.4 Å². The van der Waals surface area contributed by atoms with Gasteiger partial charge in [-0.05, 0) is 26.0 Å². The van der Waals surface area contributed by atoms with Gasteiger partial charge in [0.05, 0.1) is 11.4 Å². The van der Waals surface area contributed by atoms with Crippen LogP contribution in [0.25, 0.3) is 0 Å². The lowest BCUT2D eigenvalue weighted by Gasteiger charge is -2.11. The van der Waals surface area contributed by atoms with E-state index in [-0.39, 0.29) is 11.7 Å². The van der Waals surface area contributed by atoms with Gasteiger partial charge in [0.1, 0.15) is 11.0 Å². The summed E-state index contributed by atoms with van der Waals surface area (Å²) in [6.45, 7) is 3.41. The minimum absolute atomic E-state index is 0.209. The molecule has 0 radical (unpaired) electrons. The van der Waals surface area contributed by atoms with Gasteiger partial charge in [0.2, 0.25) is 5.91 Å². The molecule has 0 aliphatic carbocycles. The van der Waals surface area contributed by atoms with Crippen molar-refractivity contribution in [1.82, 2.24) is 5.16 Å². The molecule has 2 atom stereocenters. The molecule has 0 fully saturated rings. The quantitative estimate of drug-likeness (QED) is 0.917. The van der Waals surface area contributed by atoms with E-state index in [9.17, 15) is 9.00 Å². The van der Waals surface area contributed by atoms with Crippen LogP contribution in [0.3, 0.4) is 0 Å². The lowest BCUT2D eigenvalue weighted by atomic mass is 10.3. The minimum Gasteiger partial charge on any atom is -0.361 e. The predicted octanol–water partition coefficient (Wildman–Crippen LogP) is 2.26. The summed E-state index contributed by atoms with van der Waals surface area (Å²) < 4.78 is 17.0. The molecule has 0 saturated heterocycles. The maximum Gasteiger partial charge on any atom is 0.239 e. The van der Waals surface area contributed by atoms with E-state index in [0.29, 0.717) is 17.1 Å². The van der Waals surface area contributed by atoms with Crippen LogP contribution in [0.4, 0.5) is 5.69 Å². The molecular weight excluding hydrogens is 276 g/mol. The average Bonchev–Trinajstić information content (AvgIpc) is 2.84. The van der Waals surface area contributed by atoms with Gasteiger partial charge in [-0.3, -0.25) is 9.00 Å². The molecule has 0 aliphatic heterocycles. The number of amides is 1. The number of carbonyl (C=O) groups is 1. The van der Waals surface area contributed by atoms with Crippen LogP contribution < -0.4 is 5.32 Å². The van der Waals surface area contributed by atoms with Crippen LogP contribution in [-0.2, 0) is 21.3 Å². The number of aromatic nitrogens is 1. The molecule has 1 aromatic carbocycles. The Morgan fingerprint density at radius 2 is 2.10 bits per heavy atom. The third kappa shape index (κ3) is 3.77. The highest BCUT2D eigenvalue weighted by molar-refractivity contribution is 7.85. The summed E-state index contributed by atoms with van der Waals surface area (Å²) in [7, 11) is -1.34. The number of benzene rings is 1. The van der Waals surface area contributed by atoms with Gasteiger partial charge in [0.15, 0.2) is 0 Å². The number of hydrogen-bond acceptors (Lipinski definition) is 4. The monoisotopic (exact) mass is 292 g/mol. The van der Waals surface area contributed by atoms with Crippen molar-refractivity contribution in [3.05, 3.63) is 47.9 Å². The second-order valence-corrected chi connectivity index (χ2v) is 6.21. The highest BCUT2D eigenvalue weighted by Gasteiger charge is 2.21. The van der Waals surface area contributed by atoms with Crippen molar-refractivity contribution < 1.29 is 13.5 Å². The van der Waals surface area contributed by atoms with Crippen molar-refractivity contribution in [3.8, 4) is 0 Å². The molecule has 1 N–H and O–H groups in total. The van der Waals surface area contributed by atoms with E-state index < -0.39 is 16.0 Å². The Morgan fingerprint density at radius 3 is 2.70 bits per heavy atom. The number of hydrogen-bond donors (Lipinski definition) is 1. The summed E-state index contributed by atoms with van der Waals surface area (Å²) in [6.07, 6.45) is 0. The molecule has 1 aromatic heterocycles. The van der Waals surface area contributed by atoms with Crippen molar-refractivity contribution in [2.45, 2.75) is 24.9 Å². The molecule has 1 heterocycles. The standard InChI is InChI=1S/C14H16N2O3S/c1-10-8-13(16-19-10)9-20(18)11(2)14(17)15-12-6-4-3-5-7-12/h3-8,11H,9H2,1-2H3,(H,15,17)/t11-,20-/m1/s1. The van der Waals surface area contributed by atoms with Gasteiger partial charge in [-0.2, -0.15) is 0 Å². The van der Waals surface area contributed by atoms with Crippen LogP contribution in [0, 0.1) is 6.92 Å². The zero-order chi connectivity index (χ0) is 14.5. The zero-order valence-electron chi connectivity index (χ0n) is 11.3. The molecule has 6 heteroatoms. The van der Waals surface area contributed by atoms with Crippen LogP contribution in [-0.4, -0.2) is 20.5 Å². The first-order valence-electron chi connectivity index (χ1n) is 6.21. The van der Waals surface area contributed by atoms with E-state index in [0.717, 1.165) is 0 Å². The van der Waals surface area contributed by atoms with E-state index in [4.69, 9.17) is 4.52 Å². The number of carbonyl (C=O) groups excluding carboxylic acids is 1. The van der Waals surface area contributed by atoms with Crippen molar-refractivity contribution in [2.75, 3.05) is 5.32 Å². The van der Waals surface area contributed by atoms with Crippen LogP contribution in [0.2, 0.25) is 0 Å². The Kier molecular flexibility index (Phi) is 4.68. The first kappa shape index (κ1) is 14.5. The zero-order valence-corrected chi connectivity index (χ0v) is 12.1. The third-order valence-corrected chi connectivity index (χ3v) is 4.35. The number of rotatable bonds is 5. The molecule has 0 aliphatic rings. The Morgan fingerprint density at radius 1 is 1.40 bits per heavy atom. The molecule has 106 valence electrons. The van der Waals surface area contributed by atoms with Crippen LogP contribution in [0.5, 0.6) is 0 Å². The SMILES string of the molecule is Cc1cc(C[S@@](=O)[C@H](C)C(=O)Nc2ccccc2)no1. The van der Waals surface area contributed by atoms with Gasteiger partial charge in [-0.25, -0.2) is 0 Å². The maximum atomic E-state index is 12.1. The fourth-order valence-electron chi connectivity index (χ4n) is 1.64. The second-order valence-electron chi connectivity index (χ2n) is 4.45. The van der Waals surface area contributed by atoms with Crippen molar-refractivity contribution >= 4 is 22.4 Å². The third-order valence-electron chi connectivity index (χ3n) is 2.77. The van der Waals surface area contributed by atoms with Gasteiger partial charge in [0.25, 0.3) is 0 Å². The Labute approximate surface area is 119 Å². The summed E-state index contributed by atoms with van der Waals surface area (Å²) in [5.74, 6) is 0.605. The molecule has 0 unspecified atom stereocenters. The maximum absolute atomic E-state index is 12.1. The Bertz CT molecular complexity index is 610. The highest BCUT2D eigenvalue weighted by atomic mass is 32.2. The van der Waals surface area contributed by atoms with Crippen molar-refractivity contribution in [2.24, 2.45) is 0 Å². The number of aryl methyl sites for hydroxylation is 1. The van der Waals surface area contributed by atoms with Crippen LogP contribution in [0.15, 0.2) is 40.9 Å². The molecule has 20 heavy (non-hydrogen) atoms. The van der Waals surface area contributed by atoms with Gasteiger partial charge in [-0.15, -0.1) is 0 Å². The highest BCUT2D eigenvalue weighted by Crippen LogP contribution is 2.11. The van der Waals surface area contributed by atoms with Gasteiger partial charge < -0.3 is 9.84 Å². The van der Waals surface area contributed by atoms with Gasteiger partial charge in [0, 0.05) is 22.6 Å². The average molecular weight is 292 g/mol. The molecule has 0 spiro atoms. The molecular formula is C14H16N2O3S. The minimum atomic E-state index is -1.34. The summed E-state index contributed by atoms with van der Waals surface area (Å²) >= 11 is 0. The summed E-state index contributed by atoms with van der Waals surface area (Å²) in [6, 6.07) is 10.8. The first-order valence-corrected chi connectivity index (χ1v) is 7.60. The Balaban J connectivity index is 1.94. The molecule has 1 amide bonds. The smallest absolute Gasteiger partial charge is 0.239 e. The summed E-state index contributed by atoms with van der Waals surface area (Å²) in [5.41, 5.74) is 1.29. The van der Waals surface area contributed by atoms with E-state index in [2.05, 4.69) is 10.5 Å². The molecule has 2 rings (SSSR count). The van der Waals surface area contributed by atoms with E-state index in [1.54, 1.807) is 32.0 Å². The fraction of sp³-hybridized carbons (Fsp3) is 0.286. The molecule has 0 bridgehead atoms. The Hall–Kier alpha value is -1.95. The van der Waals surface area contributed by atoms with Crippen molar-refractivity contribution in [1.29, 1.82) is 0 Å². The van der Waals surface area contributed by atoms with Crippen LogP contribution in [0.1, 0.15) is 18.4 Å². The second kappa shape index (κ2) is 6.47. The largest absolute Gasteiger partial charge is 0.361 e. The lowest BCUT2D eigenvalue weighted by molar-refractivity contribution is -0.115. The van der Waals surface area contributed by atoms with Crippen LogP contribution >= 0.6 is 0 Å². The lowest BCUT2D eigenvalue weighted by Crippen LogP contribution is -2.29. The van der Waals surface area contributed by atoms with Crippen molar-refractivity contribution in [3.63, 3.8) is 0 Å². The molecule has 2 aromatic rings. The predicted molar refractivity (Wildman–Crippen MR) is 77.6 cm³/mol. The van der Waals surface area contributed by atoms with E-state index in [1.807, 2.05) is 18.2 Å². The number of para-hydroxylation sites is 1. The molecule has 0 saturated carbocycles. The normalized spacial score (nSPS) is 13.7. The fourth-order valence-corrected chi connectivity index (χ4v) is 2.62. The number of nitrogens with one attached hydrogen (secondary N) is 1. The number of nitrogens with zero attached hydrogens (tertiary/aromatic N) is 1. The van der Waals surface area contributed by atoms with Gasteiger partial charge >= 0.3 is 0 Å². The van der Waals surface area contributed by atoms with E-state index >= 15 is 0 Å². The first-order chi connectivity index (χ1) is 9.56. The van der Waals surface area contributed by atoms with E-state index in [1.165, 1.54) is 0 Å². The molecule has 5 nitrogen and oxygen atoms in total. The topological polar surface area (TPSA) is 72.2 Å². The summed E-state index contributed by atoms with van der Waals surface area (Å²) in [4.78, 5) is 12.0. The number of anilines is 1. The summed E-state index contributed by atoms with van der Waals surface area (Å²) in [5, 5.41) is 5.90.